The third-order valence-corrected chi connectivity index (χ3v) is 4.06. The number of nitrogens with two attached hydrogens (primary N) is 1. The summed E-state index contributed by atoms with van der Waals surface area (Å²) in [6.45, 7) is 6.28. The molecule has 5 nitrogen and oxygen atoms in total. The summed E-state index contributed by atoms with van der Waals surface area (Å²) in [7, 11) is 2.10. The molecule has 0 aliphatic carbocycles. The molecule has 0 atom stereocenters. The lowest BCUT2D eigenvalue weighted by atomic mass is 10.2. The monoisotopic (exact) mass is 254 g/mol. The average Bonchev–Trinajstić information content (AvgIpc) is 2.61. The number of hydrogen-bond donors (Lipinski definition) is 1. The molecule has 0 bridgehead atoms. The lowest BCUT2D eigenvalue weighted by molar-refractivity contribution is 0.0879. The highest BCUT2D eigenvalue weighted by Gasteiger charge is 2.20. The van der Waals surface area contributed by atoms with Gasteiger partial charge in [-0.05, 0) is 14.0 Å². The maximum Gasteiger partial charge on any atom is 0.188 e. The number of aromatic nitrogens is 1. The Balaban J connectivity index is 1.95. The molecule has 2 N–H and O–H groups in total. The third-order valence-electron chi connectivity index (χ3n) is 3.03. The van der Waals surface area contributed by atoms with Crippen molar-refractivity contribution < 1.29 is 4.79 Å². The molecule has 1 aliphatic rings. The SMILES string of the molecule is Cc1nc(N)sc1C(=O)CN1CCN(C)CC1. The van der Waals surface area contributed by atoms with Crippen LogP contribution in [0.5, 0.6) is 0 Å². The zero-order valence-electron chi connectivity index (χ0n) is 10.3. The first kappa shape index (κ1) is 12.5. The number of aryl methyl sites for hydroxylation is 1. The van der Waals surface area contributed by atoms with Crippen LogP contribution in [0.15, 0.2) is 0 Å². The summed E-state index contributed by atoms with van der Waals surface area (Å²) >= 11 is 1.29. The molecule has 0 unspecified atom stereocenters. The third kappa shape index (κ3) is 3.02. The van der Waals surface area contributed by atoms with Gasteiger partial charge in [0.05, 0.1) is 17.1 Å². The Bertz CT molecular complexity index is 410. The molecular weight excluding hydrogens is 236 g/mol. The van der Waals surface area contributed by atoms with Crippen molar-refractivity contribution in [2.75, 3.05) is 45.5 Å². The Kier molecular flexibility index (Phi) is 3.76. The predicted octanol–water partition coefficient (Wildman–Crippen LogP) is 0.464. The molecule has 1 aromatic rings. The molecular formula is C11H18N4OS. The smallest absolute Gasteiger partial charge is 0.188 e. The van der Waals surface area contributed by atoms with Crippen LogP contribution in [0.4, 0.5) is 5.13 Å². The fourth-order valence-electron chi connectivity index (χ4n) is 1.96. The molecule has 0 spiro atoms. The van der Waals surface area contributed by atoms with E-state index in [4.69, 9.17) is 5.73 Å². The van der Waals surface area contributed by atoms with Crippen LogP contribution in [0.1, 0.15) is 15.4 Å². The number of piperazine rings is 1. The van der Waals surface area contributed by atoms with Gasteiger partial charge in [-0.25, -0.2) is 4.98 Å². The van der Waals surface area contributed by atoms with E-state index in [1.165, 1.54) is 11.3 Å². The zero-order valence-corrected chi connectivity index (χ0v) is 11.1. The van der Waals surface area contributed by atoms with Gasteiger partial charge in [-0.1, -0.05) is 11.3 Å². The van der Waals surface area contributed by atoms with Crippen LogP contribution < -0.4 is 5.73 Å². The highest BCUT2D eigenvalue weighted by molar-refractivity contribution is 7.17. The van der Waals surface area contributed by atoms with Crippen molar-refractivity contribution in [3.05, 3.63) is 10.6 Å². The second-order valence-electron chi connectivity index (χ2n) is 4.47. The minimum Gasteiger partial charge on any atom is -0.375 e. The van der Waals surface area contributed by atoms with Gasteiger partial charge in [0, 0.05) is 26.2 Å². The number of anilines is 1. The van der Waals surface area contributed by atoms with Gasteiger partial charge in [-0.15, -0.1) is 0 Å². The number of nitrogens with zero attached hydrogens (tertiary/aromatic N) is 3. The standard InChI is InChI=1S/C11H18N4OS/c1-8-10(17-11(12)13-8)9(16)7-15-5-3-14(2)4-6-15/h3-7H2,1-2H3,(H2,12,13). The van der Waals surface area contributed by atoms with Crippen LogP contribution in [-0.2, 0) is 0 Å². The van der Waals surface area contributed by atoms with E-state index < -0.39 is 0 Å². The molecule has 1 saturated heterocycles. The summed E-state index contributed by atoms with van der Waals surface area (Å²) in [6.07, 6.45) is 0. The van der Waals surface area contributed by atoms with Crippen LogP contribution in [0.25, 0.3) is 0 Å². The quantitative estimate of drug-likeness (QED) is 0.794. The van der Waals surface area contributed by atoms with E-state index in [9.17, 15) is 4.79 Å². The van der Waals surface area contributed by atoms with Crippen molar-refractivity contribution in [2.45, 2.75) is 6.92 Å². The lowest BCUT2D eigenvalue weighted by Crippen LogP contribution is -2.46. The van der Waals surface area contributed by atoms with Gasteiger partial charge >= 0.3 is 0 Å². The average molecular weight is 254 g/mol. The summed E-state index contributed by atoms with van der Waals surface area (Å²) in [5, 5.41) is 0.476. The Morgan fingerprint density at radius 3 is 2.59 bits per heavy atom. The van der Waals surface area contributed by atoms with Gasteiger partial charge in [0.1, 0.15) is 0 Å². The van der Waals surface area contributed by atoms with Crippen LogP contribution in [-0.4, -0.2) is 60.3 Å². The second-order valence-corrected chi connectivity index (χ2v) is 5.50. The van der Waals surface area contributed by atoms with Crippen molar-refractivity contribution in [1.29, 1.82) is 0 Å². The molecule has 94 valence electrons. The minimum atomic E-state index is 0.140. The van der Waals surface area contributed by atoms with Crippen molar-refractivity contribution in [2.24, 2.45) is 0 Å². The Morgan fingerprint density at radius 1 is 1.41 bits per heavy atom. The second kappa shape index (κ2) is 5.12. The fraction of sp³-hybridized carbons (Fsp3) is 0.636. The molecule has 6 heteroatoms. The number of likely N-dealkylation sites (N-methyl/N-ethyl adjacent to an activating group) is 1. The Hall–Kier alpha value is -0.980. The number of hydrogen-bond acceptors (Lipinski definition) is 6. The number of carbonyl (C=O) groups excluding carboxylic acids is 1. The maximum absolute atomic E-state index is 12.1. The summed E-state index contributed by atoms with van der Waals surface area (Å²) in [5.41, 5.74) is 6.36. The molecule has 2 rings (SSSR count). The van der Waals surface area contributed by atoms with E-state index >= 15 is 0 Å². The molecule has 1 fully saturated rings. The summed E-state index contributed by atoms with van der Waals surface area (Å²) < 4.78 is 0. The predicted molar refractivity (Wildman–Crippen MR) is 69.5 cm³/mol. The molecule has 1 aromatic heterocycles. The van der Waals surface area contributed by atoms with E-state index in [1.807, 2.05) is 6.92 Å². The van der Waals surface area contributed by atoms with Crippen LogP contribution in [0.2, 0.25) is 0 Å². The molecule has 0 saturated carbocycles. The van der Waals surface area contributed by atoms with Gasteiger partial charge in [0.15, 0.2) is 10.9 Å². The van der Waals surface area contributed by atoms with E-state index in [0.29, 0.717) is 16.6 Å². The first-order valence-electron chi connectivity index (χ1n) is 5.73. The molecule has 1 aliphatic heterocycles. The van der Waals surface area contributed by atoms with Gasteiger partial charge < -0.3 is 10.6 Å². The molecule has 2 heterocycles. The van der Waals surface area contributed by atoms with Crippen LogP contribution in [0.3, 0.4) is 0 Å². The van der Waals surface area contributed by atoms with Crippen molar-refractivity contribution in [1.82, 2.24) is 14.8 Å². The van der Waals surface area contributed by atoms with Gasteiger partial charge in [0.25, 0.3) is 0 Å². The van der Waals surface area contributed by atoms with Crippen LogP contribution in [0, 0.1) is 6.92 Å². The van der Waals surface area contributed by atoms with E-state index in [2.05, 4.69) is 21.8 Å². The molecule has 17 heavy (non-hydrogen) atoms. The maximum atomic E-state index is 12.1. The number of nitrogen functional groups attached to an aromatic ring is 1. The topological polar surface area (TPSA) is 62.5 Å². The fourth-order valence-corrected chi connectivity index (χ4v) is 2.72. The van der Waals surface area contributed by atoms with Crippen molar-refractivity contribution >= 4 is 22.3 Å². The summed E-state index contributed by atoms with van der Waals surface area (Å²) in [4.78, 5) is 21.4. The summed E-state index contributed by atoms with van der Waals surface area (Å²) in [6, 6.07) is 0. The van der Waals surface area contributed by atoms with Gasteiger partial charge in [0.2, 0.25) is 0 Å². The lowest BCUT2D eigenvalue weighted by Gasteiger charge is -2.31. The first-order chi connectivity index (χ1) is 8.06. The summed E-state index contributed by atoms with van der Waals surface area (Å²) in [5.74, 6) is 0.140. The van der Waals surface area contributed by atoms with E-state index in [-0.39, 0.29) is 5.78 Å². The van der Waals surface area contributed by atoms with E-state index in [0.717, 1.165) is 31.9 Å². The number of Topliss-reactive ketones (excluding diaryl/α,β-unsaturated/α-hetero) is 1. The first-order valence-corrected chi connectivity index (χ1v) is 6.55. The largest absolute Gasteiger partial charge is 0.375 e. The normalized spacial score (nSPS) is 18.5. The van der Waals surface area contributed by atoms with Crippen LogP contribution >= 0.6 is 11.3 Å². The van der Waals surface area contributed by atoms with Crippen molar-refractivity contribution in [3.8, 4) is 0 Å². The van der Waals surface area contributed by atoms with E-state index in [1.54, 1.807) is 0 Å². The highest BCUT2D eigenvalue weighted by atomic mass is 32.1. The van der Waals surface area contributed by atoms with Gasteiger partial charge in [-0.3, -0.25) is 9.69 Å². The molecule has 0 amide bonds. The number of ketones is 1. The highest BCUT2D eigenvalue weighted by Crippen LogP contribution is 2.20. The Labute approximate surface area is 105 Å². The number of thiazole rings is 1. The number of carbonyl (C=O) groups is 1. The molecule has 0 radical (unpaired) electrons. The van der Waals surface area contributed by atoms with Gasteiger partial charge in [-0.2, -0.15) is 0 Å². The number of rotatable bonds is 3. The molecule has 0 aromatic carbocycles. The minimum absolute atomic E-state index is 0.140. The Morgan fingerprint density at radius 2 is 2.06 bits per heavy atom. The van der Waals surface area contributed by atoms with Crippen molar-refractivity contribution in [3.63, 3.8) is 0 Å². The zero-order chi connectivity index (χ0) is 12.4.